The molecule has 9 heteroatoms. The number of alkyl halides is 3. The molecule has 0 bridgehead atoms. The number of rotatable bonds is 1. The summed E-state index contributed by atoms with van der Waals surface area (Å²) in [5, 5.41) is 3.15. The van der Waals surface area contributed by atoms with Crippen molar-refractivity contribution in [2.45, 2.75) is 6.18 Å². The molecule has 0 saturated carbocycles. The fourth-order valence-electron chi connectivity index (χ4n) is 1.52. The zero-order chi connectivity index (χ0) is 11.6. The molecule has 0 atom stereocenters. The Balaban J connectivity index is 0.00000144. The maximum absolute atomic E-state index is 12.2. The van der Waals surface area contributed by atoms with Crippen LogP contribution in [-0.2, 0) is 6.18 Å². The topological polar surface area (TPSA) is 41.1 Å². The van der Waals surface area contributed by atoms with Gasteiger partial charge in [0.2, 0.25) is 0 Å². The van der Waals surface area contributed by atoms with Gasteiger partial charge in [-0.15, -0.1) is 24.8 Å². The first-order valence-corrected chi connectivity index (χ1v) is 4.92. The van der Waals surface area contributed by atoms with Crippen LogP contribution in [0.15, 0.2) is 12.4 Å². The molecular weight excluding hydrogens is 292 g/mol. The Bertz CT molecular complexity index is 352. The number of hydrogen-bond acceptors (Lipinski definition) is 4. The summed E-state index contributed by atoms with van der Waals surface area (Å²) in [6.45, 7) is 3.09. The number of piperazine rings is 1. The maximum atomic E-state index is 12.2. The molecule has 1 aromatic rings. The Morgan fingerprint density at radius 1 is 1.06 bits per heavy atom. The van der Waals surface area contributed by atoms with E-state index >= 15 is 0 Å². The van der Waals surface area contributed by atoms with Gasteiger partial charge in [0, 0.05) is 26.2 Å². The van der Waals surface area contributed by atoms with Gasteiger partial charge in [0.15, 0.2) is 5.69 Å². The normalized spacial score (nSPS) is 15.6. The SMILES string of the molecule is Cl.Cl.FC(F)(F)c1cnc(N2CCNCC2)cn1. The smallest absolute Gasteiger partial charge is 0.353 e. The summed E-state index contributed by atoms with van der Waals surface area (Å²) in [7, 11) is 0. The van der Waals surface area contributed by atoms with Crippen molar-refractivity contribution in [2.24, 2.45) is 0 Å². The molecule has 0 radical (unpaired) electrons. The highest BCUT2D eigenvalue weighted by Crippen LogP contribution is 2.27. The maximum Gasteiger partial charge on any atom is 0.434 e. The van der Waals surface area contributed by atoms with E-state index in [0.717, 1.165) is 32.4 Å². The van der Waals surface area contributed by atoms with Crippen LogP contribution in [0, 0.1) is 0 Å². The lowest BCUT2D eigenvalue weighted by atomic mass is 10.3. The van der Waals surface area contributed by atoms with Gasteiger partial charge < -0.3 is 10.2 Å². The van der Waals surface area contributed by atoms with E-state index in [-0.39, 0.29) is 24.8 Å². The van der Waals surface area contributed by atoms with E-state index in [0.29, 0.717) is 5.82 Å². The van der Waals surface area contributed by atoms with Crippen molar-refractivity contribution in [3.63, 3.8) is 0 Å². The van der Waals surface area contributed by atoms with Gasteiger partial charge in [-0.05, 0) is 0 Å². The van der Waals surface area contributed by atoms with Gasteiger partial charge in [-0.2, -0.15) is 13.2 Å². The van der Waals surface area contributed by atoms with E-state index in [1.807, 2.05) is 4.90 Å². The lowest BCUT2D eigenvalue weighted by Crippen LogP contribution is -2.44. The molecule has 1 fully saturated rings. The van der Waals surface area contributed by atoms with E-state index in [1.54, 1.807) is 0 Å². The van der Waals surface area contributed by atoms with Crippen LogP contribution in [0.25, 0.3) is 0 Å². The van der Waals surface area contributed by atoms with Crippen LogP contribution < -0.4 is 10.2 Å². The summed E-state index contributed by atoms with van der Waals surface area (Å²) in [5.74, 6) is 0.495. The van der Waals surface area contributed by atoms with Gasteiger partial charge in [0.1, 0.15) is 5.82 Å². The van der Waals surface area contributed by atoms with E-state index in [4.69, 9.17) is 0 Å². The number of nitrogens with zero attached hydrogens (tertiary/aromatic N) is 3. The van der Waals surface area contributed by atoms with Crippen molar-refractivity contribution in [1.82, 2.24) is 15.3 Å². The average Bonchev–Trinajstić information content (AvgIpc) is 2.29. The van der Waals surface area contributed by atoms with Gasteiger partial charge in [0.25, 0.3) is 0 Å². The number of halogens is 5. The zero-order valence-corrected chi connectivity index (χ0v) is 10.9. The molecule has 0 unspecified atom stereocenters. The monoisotopic (exact) mass is 304 g/mol. The molecule has 4 nitrogen and oxygen atoms in total. The predicted molar refractivity (Wildman–Crippen MR) is 66.6 cm³/mol. The average molecular weight is 305 g/mol. The highest BCUT2D eigenvalue weighted by Gasteiger charge is 2.32. The minimum atomic E-state index is -4.42. The Hall–Kier alpha value is -0.790. The first-order chi connectivity index (χ1) is 7.57. The van der Waals surface area contributed by atoms with Gasteiger partial charge in [-0.25, -0.2) is 9.97 Å². The van der Waals surface area contributed by atoms with Crippen molar-refractivity contribution in [2.75, 3.05) is 31.1 Å². The summed E-state index contributed by atoms with van der Waals surface area (Å²) in [4.78, 5) is 9.07. The van der Waals surface area contributed by atoms with E-state index in [1.165, 1.54) is 6.20 Å². The fourth-order valence-corrected chi connectivity index (χ4v) is 1.52. The van der Waals surface area contributed by atoms with Crippen molar-refractivity contribution in [1.29, 1.82) is 0 Å². The van der Waals surface area contributed by atoms with Gasteiger partial charge in [0.05, 0.1) is 12.4 Å². The quantitative estimate of drug-likeness (QED) is 0.858. The standard InChI is InChI=1S/C9H11F3N4.2ClH/c10-9(11,12)7-5-15-8(6-14-7)16-3-1-13-2-4-16;;/h5-6,13H,1-4H2;2*1H. The van der Waals surface area contributed by atoms with Crippen LogP contribution >= 0.6 is 24.8 Å². The molecule has 0 spiro atoms. The van der Waals surface area contributed by atoms with E-state index < -0.39 is 11.9 Å². The summed E-state index contributed by atoms with van der Waals surface area (Å²) in [5.41, 5.74) is -0.952. The van der Waals surface area contributed by atoms with Gasteiger partial charge in [-0.1, -0.05) is 0 Å². The number of anilines is 1. The Morgan fingerprint density at radius 3 is 2.11 bits per heavy atom. The van der Waals surface area contributed by atoms with Crippen LogP contribution in [0.4, 0.5) is 19.0 Å². The highest BCUT2D eigenvalue weighted by atomic mass is 35.5. The summed E-state index contributed by atoms with van der Waals surface area (Å²) in [6, 6.07) is 0. The zero-order valence-electron chi connectivity index (χ0n) is 9.28. The fraction of sp³-hybridized carbons (Fsp3) is 0.556. The molecule has 1 aliphatic heterocycles. The predicted octanol–water partition coefficient (Wildman–Crippen LogP) is 1.75. The molecule has 1 aromatic heterocycles. The van der Waals surface area contributed by atoms with Crippen molar-refractivity contribution in [3.8, 4) is 0 Å². The minimum Gasteiger partial charge on any atom is -0.353 e. The number of hydrogen-bond donors (Lipinski definition) is 1. The Labute approximate surface area is 115 Å². The van der Waals surface area contributed by atoms with Crippen molar-refractivity contribution < 1.29 is 13.2 Å². The summed E-state index contributed by atoms with van der Waals surface area (Å²) in [6.07, 6.45) is -2.47. The Morgan fingerprint density at radius 2 is 1.67 bits per heavy atom. The molecule has 0 amide bonds. The molecular formula is C9H13Cl2F3N4. The minimum absolute atomic E-state index is 0. The third kappa shape index (κ3) is 4.15. The molecule has 2 rings (SSSR count). The molecule has 18 heavy (non-hydrogen) atoms. The lowest BCUT2D eigenvalue weighted by molar-refractivity contribution is -0.141. The van der Waals surface area contributed by atoms with Crippen LogP contribution in [0.5, 0.6) is 0 Å². The molecule has 1 saturated heterocycles. The molecule has 1 N–H and O–H groups in total. The summed E-state index contributed by atoms with van der Waals surface area (Å²) >= 11 is 0. The van der Waals surface area contributed by atoms with Crippen LogP contribution in [-0.4, -0.2) is 36.1 Å². The highest BCUT2D eigenvalue weighted by molar-refractivity contribution is 5.85. The van der Waals surface area contributed by atoms with Crippen molar-refractivity contribution >= 4 is 30.6 Å². The number of nitrogens with one attached hydrogen (secondary N) is 1. The third-order valence-electron chi connectivity index (χ3n) is 2.37. The third-order valence-corrected chi connectivity index (χ3v) is 2.37. The molecule has 2 heterocycles. The van der Waals surface area contributed by atoms with E-state index in [2.05, 4.69) is 15.3 Å². The number of aromatic nitrogens is 2. The Kier molecular flexibility index (Phi) is 6.66. The summed E-state index contributed by atoms with van der Waals surface area (Å²) < 4.78 is 36.7. The van der Waals surface area contributed by atoms with Gasteiger partial charge in [-0.3, -0.25) is 0 Å². The van der Waals surface area contributed by atoms with Crippen LogP contribution in [0.2, 0.25) is 0 Å². The second kappa shape index (κ2) is 6.96. The largest absolute Gasteiger partial charge is 0.434 e. The molecule has 0 aliphatic carbocycles. The molecule has 104 valence electrons. The molecule has 1 aliphatic rings. The first-order valence-electron chi connectivity index (χ1n) is 4.92. The van der Waals surface area contributed by atoms with Crippen LogP contribution in [0.3, 0.4) is 0 Å². The second-order valence-electron chi connectivity index (χ2n) is 3.49. The van der Waals surface area contributed by atoms with Gasteiger partial charge >= 0.3 is 6.18 Å². The second-order valence-corrected chi connectivity index (χ2v) is 3.49. The van der Waals surface area contributed by atoms with E-state index in [9.17, 15) is 13.2 Å². The first kappa shape index (κ1) is 17.2. The molecule has 0 aromatic carbocycles. The van der Waals surface area contributed by atoms with Crippen molar-refractivity contribution in [3.05, 3.63) is 18.1 Å². The lowest BCUT2D eigenvalue weighted by Gasteiger charge is -2.28. The van der Waals surface area contributed by atoms with Crippen LogP contribution in [0.1, 0.15) is 5.69 Å².